The Kier molecular flexibility index (Phi) is 4.96. The predicted octanol–water partition coefficient (Wildman–Crippen LogP) is 2.17. The molecule has 2 aromatic rings. The lowest BCUT2D eigenvalue weighted by molar-refractivity contribution is -0.132. The topological polar surface area (TPSA) is 111 Å². The Bertz CT molecular complexity index is 737. The zero-order valence-corrected chi connectivity index (χ0v) is 14.9. The first-order valence-corrected chi connectivity index (χ1v) is 8.67. The fourth-order valence-corrected chi connectivity index (χ4v) is 3.12. The number of likely N-dealkylation sites (tertiary alicyclic amines) is 1. The quantitative estimate of drug-likeness (QED) is 0.884. The smallest absolute Gasteiger partial charge is 0.223 e. The van der Waals surface area contributed by atoms with Gasteiger partial charge < -0.3 is 15.1 Å². The molecule has 8 heteroatoms. The van der Waals surface area contributed by atoms with Crippen molar-refractivity contribution in [2.45, 2.75) is 58.4 Å². The molecule has 2 aromatic heterocycles. The second-order valence-electron chi connectivity index (χ2n) is 6.70. The lowest BCUT2D eigenvalue weighted by Crippen LogP contribution is -2.31. The Morgan fingerprint density at radius 1 is 1.40 bits per heavy atom. The molecule has 1 atom stereocenters. The van der Waals surface area contributed by atoms with Crippen LogP contribution in [0, 0.1) is 6.92 Å². The highest BCUT2D eigenvalue weighted by Gasteiger charge is 2.31. The first kappa shape index (κ1) is 17.3. The van der Waals surface area contributed by atoms with Crippen molar-refractivity contribution >= 4 is 11.7 Å². The first-order valence-electron chi connectivity index (χ1n) is 8.67. The summed E-state index contributed by atoms with van der Waals surface area (Å²) in [5, 5.41) is 8.01. The number of nitrogens with zero attached hydrogens (tertiary/aromatic N) is 5. The van der Waals surface area contributed by atoms with Crippen LogP contribution in [0.25, 0.3) is 0 Å². The summed E-state index contributed by atoms with van der Waals surface area (Å²) in [6.07, 6.45) is 2.64. The molecule has 1 aliphatic heterocycles. The van der Waals surface area contributed by atoms with Crippen LogP contribution in [-0.2, 0) is 11.2 Å². The maximum absolute atomic E-state index is 12.7. The van der Waals surface area contributed by atoms with Gasteiger partial charge in [-0.15, -0.1) is 10.2 Å². The lowest BCUT2D eigenvalue weighted by atomic mass is 10.1. The average molecular weight is 344 g/mol. The maximum Gasteiger partial charge on any atom is 0.223 e. The van der Waals surface area contributed by atoms with Gasteiger partial charge in [-0.05, 0) is 19.8 Å². The van der Waals surface area contributed by atoms with E-state index in [0.29, 0.717) is 36.3 Å². The number of hydrogen-bond donors (Lipinski definition) is 1. The van der Waals surface area contributed by atoms with Crippen LogP contribution in [-0.4, -0.2) is 37.5 Å². The van der Waals surface area contributed by atoms with Gasteiger partial charge in [0.1, 0.15) is 11.6 Å². The molecule has 0 aromatic carbocycles. The molecule has 1 saturated heterocycles. The second-order valence-corrected chi connectivity index (χ2v) is 6.70. The van der Waals surface area contributed by atoms with E-state index in [2.05, 4.69) is 20.2 Å². The summed E-state index contributed by atoms with van der Waals surface area (Å²) >= 11 is 0. The van der Waals surface area contributed by atoms with Crippen molar-refractivity contribution < 1.29 is 9.21 Å². The van der Waals surface area contributed by atoms with Crippen molar-refractivity contribution in [1.29, 1.82) is 0 Å². The van der Waals surface area contributed by atoms with Gasteiger partial charge in [0.25, 0.3) is 0 Å². The SMILES string of the molecule is Cc1nc(N)cc(C2CCCN2C(=O)CCc2nnc(C(C)C)o2)n1. The van der Waals surface area contributed by atoms with Crippen molar-refractivity contribution in [2.24, 2.45) is 0 Å². The van der Waals surface area contributed by atoms with Crippen molar-refractivity contribution in [1.82, 2.24) is 25.1 Å². The zero-order valence-electron chi connectivity index (χ0n) is 14.9. The Balaban J connectivity index is 1.66. The summed E-state index contributed by atoms with van der Waals surface area (Å²) in [6.45, 7) is 6.52. The molecule has 3 rings (SSSR count). The number of amides is 1. The van der Waals surface area contributed by atoms with Gasteiger partial charge in [-0.2, -0.15) is 0 Å². The number of aryl methyl sites for hydroxylation is 2. The Labute approximate surface area is 146 Å². The van der Waals surface area contributed by atoms with Gasteiger partial charge in [-0.25, -0.2) is 9.97 Å². The Morgan fingerprint density at radius 3 is 2.88 bits per heavy atom. The molecule has 0 spiro atoms. The number of nitrogen functional groups attached to an aromatic ring is 1. The van der Waals surface area contributed by atoms with Crippen LogP contribution in [0.15, 0.2) is 10.5 Å². The normalized spacial score (nSPS) is 17.4. The molecule has 1 unspecified atom stereocenters. The van der Waals surface area contributed by atoms with Crippen molar-refractivity contribution in [3.63, 3.8) is 0 Å². The molecular weight excluding hydrogens is 320 g/mol. The van der Waals surface area contributed by atoms with E-state index in [4.69, 9.17) is 10.2 Å². The molecule has 1 aliphatic rings. The minimum absolute atomic E-state index is 0.0367. The van der Waals surface area contributed by atoms with Gasteiger partial charge in [0, 0.05) is 31.4 Å². The number of nitrogens with two attached hydrogens (primary N) is 1. The molecular formula is C17H24N6O2. The Morgan fingerprint density at radius 2 is 2.20 bits per heavy atom. The van der Waals surface area contributed by atoms with Crippen molar-refractivity contribution in [2.75, 3.05) is 12.3 Å². The molecule has 3 heterocycles. The average Bonchev–Trinajstić information content (AvgIpc) is 3.21. The van der Waals surface area contributed by atoms with E-state index < -0.39 is 0 Å². The highest BCUT2D eigenvalue weighted by atomic mass is 16.4. The third-order valence-corrected chi connectivity index (χ3v) is 4.32. The number of anilines is 1. The van der Waals surface area contributed by atoms with Crippen molar-refractivity contribution in [3.8, 4) is 0 Å². The largest absolute Gasteiger partial charge is 0.425 e. The van der Waals surface area contributed by atoms with Crippen LogP contribution in [0.4, 0.5) is 5.82 Å². The third-order valence-electron chi connectivity index (χ3n) is 4.32. The zero-order chi connectivity index (χ0) is 18.0. The summed E-state index contributed by atoms with van der Waals surface area (Å²) in [4.78, 5) is 23.1. The summed E-state index contributed by atoms with van der Waals surface area (Å²) in [5.74, 6) is 2.44. The minimum atomic E-state index is -0.0367. The summed E-state index contributed by atoms with van der Waals surface area (Å²) in [5.41, 5.74) is 6.64. The molecule has 8 nitrogen and oxygen atoms in total. The van der Waals surface area contributed by atoms with Gasteiger partial charge in [-0.1, -0.05) is 13.8 Å². The van der Waals surface area contributed by atoms with Crippen LogP contribution in [0.1, 0.15) is 68.4 Å². The molecule has 2 N–H and O–H groups in total. The van der Waals surface area contributed by atoms with Gasteiger partial charge in [0.05, 0.1) is 11.7 Å². The van der Waals surface area contributed by atoms with E-state index in [1.54, 1.807) is 6.07 Å². The summed E-state index contributed by atoms with van der Waals surface area (Å²) in [7, 11) is 0. The number of carbonyl (C=O) groups is 1. The first-order chi connectivity index (χ1) is 11.9. The van der Waals surface area contributed by atoms with Crippen LogP contribution in [0.3, 0.4) is 0 Å². The molecule has 0 radical (unpaired) electrons. The monoisotopic (exact) mass is 344 g/mol. The van der Waals surface area contributed by atoms with Gasteiger partial charge in [0.15, 0.2) is 0 Å². The molecule has 1 fully saturated rings. The minimum Gasteiger partial charge on any atom is -0.425 e. The maximum atomic E-state index is 12.7. The Hall–Kier alpha value is -2.51. The van der Waals surface area contributed by atoms with Gasteiger partial charge in [0.2, 0.25) is 17.7 Å². The van der Waals surface area contributed by atoms with E-state index in [-0.39, 0.29) is 17.9 Å². The molecule has 1 amide bonds. The van der Waals surface area contributed by atoms with Crippen molar-refractivity contribution in [3.05, 3.63) is 29.4 Å². The van der Waals surface area contributed by atoms with Crippen LogP contribution in [0.5, 0.6) is 0 Å². The molecule has 0 saturated carbocycles. The molecule has 0 aliphatic carbocycles. The third kappa shape index (κ3) is 3.94. The number of rotatable bonds is 5. The summed E-state index contributed by atoms with van der Waals surface area (Å²) < 4.78 is 5.57. The summed E-state index contributed by atoms with van der Waals surface area (Å²) in [6, 6.07) is 1.72. The fourth-order valence-electron chi connectivity index (χ4n) is 3.12. The number of hydrogen-bond acceptors (Lipinski definition) is 7. The van der Waals surface area contributed by atoms with Gasteiger partial charge >= 0.3 is 0 Å². The number of carbonyl (C=O) groups excluding carboxylic acids is 1. The van der Waals surface area contributed by atoms with E-state index in [0.717, 1.165) is 25.1 Å². The number of aromatic nitrogens is 4. The highest BCUT2D eigenvalue weighted by Crippen LogP contribution is 2.32. The predicted molar refractivity (Wildman–Crippen MR) is 91.6 cm³/mol. The lowest BCUT2D eigenvalue weighted by Gasteiger charge is -2.24. The highest BCUT2D eigenvalue weighted by molar-refractivity contribution is 5.77. The van der Waals surface area contributed by atoms with Crippen LogP contribution < -0.4 is 5.73 Å². The molecule has 134 valence electrons. The van der Waals surface area contributed by atoms with Crippen LogP contribution >= 0.6 is 0 Å². The fraction of sp³-hybridized carbons (Fsp3) is 0.588. The second kappa shape index (κ2) is 7.16. The van der Waals surface area contributed by atoms with E-state index in [9.17, 15) is 4.79 Å². The van der Waals surface area contributed by atoms with Crippen LogP contribution in [0.2, 0.25) is 0 Å². The van der Waals surface area contributed by atoms with E-state index >= 15 is 0 Å². The molecule has 25 heavy (non-hydrogen) atoms. The van der Waals surface area contributed by atoms with Gasteiger partial charge in [-0.3, -0.25) is 4.79 Å². The van der Waals surface area contributed by atoms with E-state index in [1.807, 2.05) is 25.7 Å². The molecule has 0 bridgehead atoms. The van der Waals surface area contributed by atoms with E-state index in [1.165, 1.54) is 0 Å². The standard InChI is InChI=1S/C17H24N6O2/c1-10(2)17-22-21-15(25-17)6-7-16(24)23-8-4-5-13(23)12-9-14(18)20-11(3)19-12/h9-10,13H,4-8H2,1-3H3,(H2,18,19,20).